The van der Waals surface area contributed by atoms with Crippen molar-refractivity contribution in [2.45, 2.75) is 58.8 Å². The standard InChI is InChI=1S/C25H48O10/c1-3-5-10-28-12-14-30-16-18-32-20-22-34-24(26)8-7-9-25(27)35-23-21-33-19-17-31-15-13-29-11-6-4-2/h3-23H2,1-2H3. The fraction of sp³-hybridized carbons (Fsp3) is 0.920. The zero-order chi connectivity index (χ0) is 25.7. The molecule has 0 saturated heterocycles. The van der Waals surface area contributed by atoms with Gasteiger partial charge in [-0.25, -0.2) is 0 Å². The number of unbranched alkanes of at least 4 members (excludes halogenated alkanes) is 2. The highest BCUT2D eigenvalue weighted by molar-refractivity contribution is 5.72. The molecular weight excluding hydrogens is 460 g/mol. The Bertz CT molecular complexity index is 422. The first-order valence-electron chi connectivity index (χ1n) is 13.0. The molecule has 0 unspecified atom stereocenters. The van der Waals surface area contributed by atoms with Crippen LogP contribution in [0.2, 0.25) is 0 Å². The van der Waals surface area contributed by atoms with Gasteiger partial charge in [0.15, 0.2) is 0 Å². The van der Waals surface area contributed by atoms with Gasteiger partial charge in [-0.05, 0) is 19.3 Å². The maximum atomic E-state index is 11.7. The normalized spacial score (nSPS) is 11.0. The summed E-state index contributed by atoms with van der Waals surface area (Å²) in [4.78, 5) is 23.3. The molecule has 0 saturated carbocycles. The molecule has 0 aliphatic carbocycles. The van der Waals surface area contributed by atoms with Crippen molar-refractivity contribution in [1.82, 2.24) is 0 Å². The third-order valence-electron chi connectivity index (χ3n) is 4.52. The van der Waals surface area contributed by atoms with Crippen molar-refractivity contribution in [2.75, 3.05) is 92.5 Å². The Labute approximate surface area is 211 Å². The van der Waals surface area contributed by atoms with Crippen molar-refractivity contribution < 1.29 is 47.5 Å². The Morgan fingerprint density at radius 3 is 1.00 bits per heavy atom. The summed E-state index contributed by atoms with van der Waals surface area (Å²) in [6, 6.07) is 0. The topological polar surface area (TPSA) is 108 Å². The van der Waals surface area contributed by atoms with Crippen LogP contribution in [-0.4, -0.2) is 104 Å². The number of hydrogen-bond acceptors (Lipinski definition) is 10. The highest BCUT2D eigenvalue weighted by Gasteiger charge is 2.07. The van der Waals surface area contributed by atoms with Crippen LogP contribution in [0.4, 0.5) is 0 Å². The van der Waals surface area contributed by atoms with Gasteiger partial charge in [-0.15, -0.1) is 0 Å². The van der Waals surface area contributed by atoms with Gasteiger partial charge in [-0.3, -0.25) is 9.59 Å². The molecule has 0 aromatic heterocycles. The van der Waals surface area contributed by atoms with E-state index < -0.39 is 0 Å². The molecule has 0 N–H and O–H groups in total. The van der Waals surface area contributed by atoms with Crippen LogP contribution in [0, 0.1) is 0 Å². The van der Waals surface area contributed by atoms with E-state index in [4.69, 9.17) is 37.9 Å². The minimum atomic E-state index is -0.360. The molecule has 0 aromatic carbocycles. The van der Waals surface area contributed by atoms with E-state index in [0.717, 1.165) is 38.9 Å². The van der Waals surface area contributed by atoms with Gasteiger partial charge in [-0.2, -0.15) is 0 Å². The molecule has 0 aliphatic heterocycles. The lowest BCUT2D eigenvalue weighted by Crippen LogP contribution is -2.15. The fourth-order valence-electron chi connectivity index (χ4n) is 2.53. The van der Waals surface area contributed by atoms with Crippen LogP contribution in [0.1, 0.15) is 58.8 Å². The van der Waals surface area contributed by atoms with Crippen LogP contribution in [-0.2, 0) is 47.5 Å². The Hall–Kier alpha value is -1.30. The highest BCUT2D eigenvalue weighted by Crippen LogP contribution is 2.00. The van der Waals surface area contributed by atoms with Crippen LogP contribution in [0.5, 0.6) is 0 Å². The summed E-state index contributed by atoms with van der Waals surface area (Å²) in [6.45, 7) is 10.8. The van der Waals surface area contributed by atoms with Crippen LogP contribution in [0.15, 0.2) is 0 Å². The van der Waals surface area contributed by atoms with Gasteiger partial charge in [0.25, 0.3) is 0 Å². The summed E-state index contributed by atoms with van der Waals surface area (Å²) >= 11 is 0. The van der Waals surface area contributed by atoms with Crippen molar-refractivity contribution in [3.05, 3.63) is 0 Å². The predicted molar refractivity (Wildman–Crippen MR) is 130 cm³/mol. The van der Waals surface area contributed by atoms with Crippen molar-refractivity contribution in [3.8, 4) is 0 Å². The molecule has 35 heavy (non-hydrogen) atoms. The second-order valence-corrected chi connectivity index (χ2v) is 7.68. The van der Waals surface area contributed by atoms with Crippen LogP contribution < -0.4 is 0 Å². The monoisotopic (exact) mass is 508 g/mol. The van der Waals surface area contributed by atoms with Crippen LogP contribution in [0.3, 0.4) is 0 Å². The number of ether oxygens (including phenoxy) is 8. The van der Waals surface area contributed by atoms with E-state index in [0.29, 0.717) is 72.5 Å². The van der Waals surface area contributed by atoms with E-state index in [2.05, 4.69) is 13.8 Å². The van der Waals surface area contributed by atoms with Gasteiger partial charge in [0.1, 0.15) is 13.2 Å². The zero-order valence-electron chi connectivity index (χ0n) is 21.9. The average molecular weight is 509 g/mol. The molecule has 0 spiro atoms. The first kappa shape index (κ1) is 33.7. The quantitative estimate of drug-likeness (QED) is 0.116. The molecule has 0 bridgehead atoms. The zero-order valence-corrected chi connectivity index (χ0v) is 21.9. The van der Waals surface area contributed by atoms with Crippen molar-refractivity contribution in [3.63, 3.8) is 0 Å². The SMILES string of the molecule is CCCCOCCOCCOCCOC(=O)CCCC(=O)OCCOCCOCCOCCCC. The maximum absolute atomic E-state index is 11.7. The van der Waals surface area contributed by atoms with E-state index in [9.17, 15) is 9.59 Å². The lowest BCUT2D eigenvalue weighted by molar-refractivity contribution is -0.147. The van der Waals surface area contributed by atoms with E-state index in [1.807, 2.05) is 0 Å². The van der Waals surface area contributed by atoms with E-state index in [1.165, 1.54) is 0 Å². The molecule has 0 amide bonds. The third kappa shape index (κ3) is 28.8. The molecule has 10 heteroatoms. The van der Waals surface area contributed by atoms with Crippen LogP contribution >= 0.6 is 0 Å². The Balaban J connectivity index is 3.28. The molecule has 208 valence electrons. The number of esters is 2. The number of carbonyl (C=O) groups excluding carboxylic acids is 2. The summed E-state index contributed by atoms with van der Waals surface area (Å²) in [5.74, 6) is -0.720. The van der Waals surface area contributed by atoms with Crippen molar-refractivity contribution in [2.24, 2.45) is 0 Å². The predicted octanol–water partition coefficient (Wildman–Crippen LogP) is 2.94. The fourth-order valence-corrected chi connectivity index (χ4v) is 2.53. The molecular formula is C25H48O10. The third-order valence-corrected chi connectivity index (χ3v) is 4.52. The smallest absolute Gasteiger partial charge is 0.305 e. The molecule has 0 fully saturated rings. The Morgan fingerprint density at radius 2 is 0.686 bits per heavy atom. The Kier molecular flexibility index (Phi) is 27.9. The highest BCUT2D eigenvalue weighted by atomic mass is 16.6. The minimum absolute atomic E-state index is 0.159. The largest absolute Gasteiger partial charge is 0.463 e. The summed E-state index contributed by atoms with van der Waals surface area (Å²) in [5.41, 5.74) is 0. The Morgan fingerprint density at radius 1 is 0.400 bits per heavy atom. The van der Waals surface area contributed by atoms with Crippen LogP contribution in [0.25, 0.3) is 0 Å². The van der Waals surface area contributed by atoms with Gasteiger partial charge >= 0.3 is 11.9 Å². The first-order valence-corrected chi connectivity index (χ1v) is 13.0. The van der Waals surface area contributed by atoms with Gasteiger partial charge in [0, 0.05) is 26.1 Å². The minimum Gasteiger partial charge on any atom is -0.463 e. The summed E-state index contributed by atoms with van der Waals surface area (Å²) in [6.07, 6.45) is 5.06. The lowest BCUT2D eigenvalue weighted by atomic mass is 10.2. The molecule has 10 nitrogen and oxygen atoms in total. The van der Waals surface area contributed by atoms with E-state index >= 15 is 0 Å². The molecule has 0 radical (unpaired) electrons. The summed E-state index contributed by atoms with van der Waals surface area (Å²) in [7, 11) is 0. The van der Waals surface area contributed by atoms with Gasteiger partial charge in [0.2, 0.25) is 0 Å². The van der Waals surface area contributed by atoms with Gasteiger partial charge < -0.3 is 37.9 Å². The number of rotatable bonds is 28. The second-order valence-electron chi connectivity index (χ2n) is 7.68. The maximum Gasteiger partial charge on any atom is 0.305 e. The van der Waals surface area contributed by atoms with Crippen molar-refractivity contribution in [1.29, 1.82) is 0 Å². The molecule has 0 aromatic rings. The lowest BCUT2D eigenvalue weighted by Gasteiger charge is -2.08. The number of carbonyl (C=O) groups is 2. The molecule has 0 atom stereocenters. The van der Waals surface area contributed by atoms with Gasteiger partial charge in [-0.1, -0.05) is 26.7 Å². The second kappa shape index (κ2) is 28.9. The molecule has 0 rings (SSSR count). The average Bonchev–Trinajstić information content (AvgIpc) is 2.85. The summed E-state index contributed by atoms with van der Waals surface area (Å²) in [5, 5.41) is 0. The van der Waals surface area contributed by atoms with E-state index in [-0.39, 0.29) is 38.0 Å². The first-order chi connectivity index (χ1) is 17.2. The molecule has 0 aliphatic rings. The van der Waals surface area contributed by atoms with Gasteiger partial charge in [0.05, 0.1) is 66.1 Å². The molecule has 0 heterocycles. The van der Waals surface area contributed by atoms with E-state index in [1.54, 1.807) is 0 Å². The summed E-state index contributed by atoms with van der Waals surface area (Å²) < 4.78 is 42.3. The number of hydrogen-bond donors (Lipinski definition) is 0. The van der Waals surface area contributed by atoms with Crippen molar-refractivity contribution >= 4 is 11.9 Å².